The number of aliphatic carboxylic acids is 3. The van der Waals surface area contributed by atoms with Crippen LogP contribution in [0.4, 0.5) is 8.78 Å². The van der Waals surface area contributed by atoms with Crippen molar-refractivity contribution in [2.24, 2.45) is 0 Å². The van der Waals surface area contributed by atoms with E-state index in [0.29, 0.717) is 27.1 Å². The molecule has 55 heavy (non-hydrogen) atoms. The van der Waals surface area contributed by atoms with Crippen molar-refractivity contribution >= 4 is 106 Å². The third-order valence-corrected chi connectivity index (χ3v) is 9.07. The minimum absolute atomic E-state index is 0. The molecule has 0 saturated carbocycles. The molecular weight excluding hydrogens is 910 g/mol. The summed E-state index contributed by atoms with van der Waals surface area (Å²) in [5.41, 5.74) is 4.45. The van der Waals surface area contributed by atoms with E-state index in [4.69, 9.17) is 41.1 Å². The molecule has 3 atom stereocenters. The van der Waals surface area contributed by atoms with Crippen LogP contribution in [0.3, 0.4) is 0 Å². The summed E-state index contributed by atoms with van der Waals surface area (Å²) >= 11 is 12.6. The van der Waals surface area contributed by atoms with Crippen LogP contribution in [0.2, 0.25) is 5.02 Å². The van der Waals surface area contributed by atoms with Gasteiger partial charge in [-0.25, -0.2) is 14.4 Å². The average Bonchev–Trinajstić information content (AvgIpc) is 3.83. The molecule has 0 unspecified atom stereocenters. The molecule has 0 saturated heterocycles. The summed E-state index contributed by atoms with van der Waals surface area (Å²) < 4.78 is 42.0. The standard InChI is InChI=1S/C14H15BrO3.C14H15ClO3.C11H9BrF2O3.2H2S/c2*1-9(14(16)17)18-13-7-6-11(15)8-12(13)10-4-2-3-5-10;1-6(11(15)16)17-9-3-2-8(12)4-7(9)5-10(13)14;;/h2*4,6-9H,2-3,5H2,1H3,(H,16,17);2-6H,1H3,(H,15,16);2*1H2/t2*9-;6-;;/m000../s1. The Morgan fingerprint density at radius 2 is 1.07 bits per heavy atom. The highest BCUT2D eigenvalue weighted by Crippen LogP contribution is 2.37. The zero-order chi connectivity index (χ0) is 39.2. The molecular formula is C39H43Br2ClF2O9S2. The smallest absolute Gasteiger partial charge is 0.344 e. The second-order valence-electron chi connectivity index (χ2n) is 11.9. The van der Waals surface area contributed by atoms with E-state index in [1.54, 1.807) is 18.2 Å². The van der Waals surface area contributed by atoms with Crippen molar-refractivity contribution in [3.05, 3.63) is 103 Å². The van der Waals surface area contributed by atoms with Gasteiger partial charge in [0.25, 0.3) is 6.08 Å². The van der Waals surface area contributed by atoms with Gasteiger partial charge < -0.3 is 29.5 Å². The lowest BCUT2D eigenvalue weighted by atomic mass is 10.0. The van der Waals surface area contributed by atoms with Crippen molar-refractivity contribution in [3.8, 4) is 17.2 Å². The lowest BCUT2D eigenvalue weighted by Gasteiger charge is -2.15. The lowest BCUT2D eigenvalue weighted by molar-refractivity contribution is -0.145. The third-order valence-electron chi connectivity index (χ3n) is 7.85. The highest BCUT2D eigenvalue weighted by Gasteiger charge is 2.20. The van der Waals surface area contributed by atoms with Crippen LogP contribution in [-0.2, 0) is 14.4 Å². The van der Waals surface area contributed by atoms with Gasteiger partial charge in [0.1, 0.15) is 17.2 Å². The molecule has 3 aromatic carbocycles. The van der Waals surface area contributed by atoms with E-state index in [1.165, 1.54) is 44.1 Å². The van der Waals surface area contributed by atoms with Crippen LogP contribution >= 0.6 is 70.5 Å². The molecule has 0 spiro atoms. The quantitative estimate of drug-likeness (QED) is 0.162. The van der Waals surface area contributed by atoms with Crippen LogP contribution in [0.25, 0.3) is 17.2 Å². The maximum absolute atomic E-state index is 12.2. The fraction of sp³-hybridized carbons (Fsp3) is 0.308. The molecule has 2 aliphatic rings. The highest BCUT2D eigenvalue weighted by atomic mass is 79.9. The van der Waals surface area contributed by atoms with E-state index in [1.807, 2.05) is 24.3 Å². The lowest BCUT2D eigenvalue weighted by Crippen LogP contribution is -2.23. The molecule has 2 aliphatic carbocycles. The second-order valence-corrected chi connectivity index (χ2v) is 14.2. The molecule has 0 radical (unpaired) electrons. The van der Waals surface area contributed by atoms with E-state index in [2.05, 4.69) is 44.0 Å². The van der Waals surface area contributed by atoms with Gasteiger partial charge in [-0.1, -0.05) is 55.6 Å². The molecule has 16 heteroatoms. The van der Waals surface area contributed by atoms with Crippen LogP contribution in [0.15, 0.2) is 81.8 Å². The first-order valence-electron chi connectivity index (χ1n) is 16.5. The molecule has 9 nitrogen and oxygen atoms in total. The first-order valence-corrected chi connectivity index (χ1v) is 18.5. The molecule has 0 aliphatic heterocycles. The van der Waals surface area contributed by atoms with Gasteiger partial charge in [-0.3, -0.25) is 0 Å². The van der Waals surface area contributed by atoms with Crippen LogP contribution in [0.1, 0.15) is 76.0 Å². The largest absolute Gasteiger partial charge is 0.479 e. The normalized spacial score (nSPS) is 14.3. The van der Waals surface area contributed by atoms with Gasteiger partial charge in [-0.05, 0) is 125 Å². The van der Waals surface area contributed by atoms with Crippen molar-refractivity contribution in [1.82, 2.24) is 0 Å². The van der Waals surface area contributed by atoms with Crippen molar-refractivity contribution in [1.29, 1.82) is 0 Å². The molecule has 300 valence electrons. The first-order chi connectivity index (χ1) is 25.0. The maximum Gasteiger partial charge on any atom is 0.344 e. The van der Waals surface area contributed by atoms with Gasteiger partial charge in [0.05, 0.1) is 0 Å². The van der Waals surface area contributed by atoms with Gasteiger partial charge in [-0.2, -0.15) is 35.8 Å². The number of hydrogen-bond acceptors (Lipinski definition) is 6. The molecule has 0 heterocycles. The first kappa shape index (κ1) is 49.5. The summed E-state index contributed by atoms with van der Waals surface area (Å²) in [4.78, 5) is 32.3. The Hall–Kier alpha value is -3.50. The van der Waals surface area contributed by atoms with Crippen molar-refractivity contribution in [3.63, 3.8) is 0 Å². The number of ether oxygens (including phenoxy) is 3. The molecule has 5 rings (SSSR count). The monoisotopic (exact) mass is 950 g/mol. The molecule has 0 bridgehead atoms. The zero-order valence-corrected chi connectivity index (χ0v) is 36.0. The number of allylic oxidation sites excluding steroid dienone is 4. The number of carbonyl (C=O) groups is 3. The van der Waals surface area contributed by atoms with Crippen LogP contribution in [0.5, 0.6) is 17.2 Å². The SMILES string of the molecule is C[C@H](Oc1ccc(Br)cc1C1=CCCC1)C(=O)O.C[C@H](Oc1ccc(Br)cc1C=C(F)F)C(=O)O.C[C@H](Oc1ccc(Cl)cc1C1=CCCC1)C(=O)O.S.S. The van der Waals surface area contributed by atoms with Gasteiger partial charge in [-0.15, -0.1) is 0 Å². The minimum Gasteiger partial charge on any atom is -0.479 e. The van der Waals surface area contributed by atoms with Crippen molar-refractivity contribution in [2.75, 3.05) is 0 Å². The second kappa shape index (κ2) is 24.2. The van der Waals surface area contributed by atoms with Gasteiger partial charge in [0.15, 0.2) is 18.3 Å². The Bertz CT molecular complexity index is 1800. The number of halogens is 5. The van der Waals surface area contributed by atoms with Gasteiger partial charge in [0.2, 0.25) is 0 Å². The molecule has 3 N–H and O–H groups in total. The Balaban J connectivity index is 0.000000405. The van der Waals surface area contributed by atoms with Crippen molar-refractivity contribution < 1.29 is 52.7 Å². The number of carboxylic acid groups (broad SMARTS) is 3. The summed E-state index contributed by atoms with van der Waals surface area (Å²) in [6.07, 6.45) is 6.68. The summed E-state index contributed by atoms with van der Waals surface area (Å²) in [5, 5.41) is 27.1. The average molecular weight is 953 g/mol. The number of benzene rings is 3. The highest BCUT2D eigenvalue weighted by molar-refractivity contribution is 9.10. The Morgan fingerprint density at radius 1 is 0.673 bits per heavy atom. The Morgan fingerprint density at radius 3 is 1.49 bits per heavy atom. The maximum atomic E-state index is 12.2. The van der Waals surface area contributed by atoms with Gasteiger partial charge in [0, 0.05) is 36.7 Å². The molecule has 0 amide bonds. The Kier molecular flexibility index (Phi) is 21.8. The number of hydrogen-bond donors (Lipinski definition) is 3. The van der Waals surface area contributed by atoms with Gasteiger partial charge >= 0.3 is 17.9 Å². The van der Waals surface area contributed by atoms with Crippen molar-refractivity contribution in [2.45, 2.75) is 77.6 Å². The topological polar surface area (TPSA) is 140 Å². The summed E-state index contributed by atoms with van der Waals surface area (Å²) in [5.74, 6) is -1.77. The fourth-order valence-corrected chi connectivity index (χ4v) is 6.03. The third kappa shape index (κ3) is 16.2. The zero-order valence-electron chi connectivity index (χ0n) is 30.1. The van der Waals surface area contributed by atoms with Crippen LogP contribution in [-0.4, -0.2) is 51.5 Å². The minimum atomic E-state index is -1.88. The molecule has 0 fully saturated rings. The molecule has 0 aromatic heterocycles. The number of rotatable bonds is 12. The Labute approximate surface area is 354 Å². The van der Waals surface area contributed by atoms with Crippen LogP contribution < -0.4 is 14.2 Å². The van der Waals surface area contributed by atoms with E-state index >= 15 is 0 Å². The predicted molar refractivity (Wildman–Crippen MR) is 228 cm³/mol. The summed E-state index contributed by atoms with van der Waals surface area (Å²) in [6, 6.07) is 15.4. The van der Waals surface area contributed by atoms with E-state index < -0.39 is 42.3 Å². The van der Waals surface area contributed by atoms with Crippen LogP contribution in [0, 0.1) is 0 Å². The fourth-order valence-electron chi connectivity index (χ4n) is 5.12. The number of carboxylic acids is 3. The summed E-state index contributed by atoms with van der Waals surface area (Å²) in [7, 11) is 0. The van der Waals surface area contributed by atoms with E-state index in [-0.39, 0.29) is 38.3 Å². The molecule has 3 aromatic rings. The summed E-state index contributed by atoms with van der Waals surface area (Å²) in [6.45, 7) is 4.38. The predicted octanol–water partition coefficient (Wildman–Crippen LogP) is 11.4. The van der Waals surface area contributed by atoms with E-state index in [9.17, 15) is 23.2 Å². The van der Waals surface area contributed by atoms with E-state index in [0.717, 1.165) is 54.1 Å².